The Morgan fingerprint density at radius 1 is 1.60 bits per heavy atom. The molecule has 6 heteroatoms. The predicted molar refractivity (Wildman–Crippen MR) is 56.6 cm³/mol. The number of aromatic nitrogens is 1. The van der Waals surface area contributed by atoms with Crippen molar-refractivity contribution in [3.63, 3.8) is 0 Å². The smallest absolute Gasteiger partial charge is 0.429 e. The van der Waals surface area contributed by atoms with Gasteiger partial charge in [0, 0.05) is 17.6 Å². The number of carbonyl (C=O) groups excluding carboxylic acids is 1. The van der Waals surface area contributed by atoms with Crippen LogP contribution < -0.4 is 4.74 Å². The summed E-state index contributed by atoms with van der Waals surface area (Å²) in [7, 11) is 0. The molecule has 1 aromatic rings. The van der Waals surface area contributed by atoms with Crippen molar-refractivity contribution in [3.8, 4) is 5.75 Å². The van der Waals surface area contributed by atoms with Crippen LogP contribution in [-0.4, -0.2) is 11.1 Å². The molecule has 2 rings (SSSR count). The average molecular weight is 250 g/mol. The van der Waals surface area contributed by atoms with Crippen molar-refractivity contribution in [2.24, 2.45) is 0 Å². The number of cyclic esters (lactones) is 1. The van der Waals surface area contributed by atoms with Crippen molar-refractivity contribution in [2.45, 2.75) is 19.4 Å². The first-order valence-electron chi connectivity index (χ1n) is 4.10. The maximum atomic E-state index is 10.9. The maximum absolute atomic E-state index is 10.9. The Morgan fingerprint density at radius 3 is 3.00 bits per heavy atom. The van der Waals surface area contributed by atoms with Crippen molar-refractivity contribution in [2.75, 3.05) is 0 Å². The Hall–Kier alpha value is -1.00. The molecule has 0 amide bonds. The number of fused-ring (bicyclic) bond motifs is 1. The predicted octanol–water partition coefficient (Wildman–Crippen LogP) is 2.58. The first-order chi connectivity index (χ1) is 6.72. The molecule has 0 unspecified atom stereocenters. The van der Waals surface area contributed by atoms with E-state index in [1.165, 1.54) is 0 Å². The number of nitrogens with zero attached hydrogens (tertiary/aromatic N) is 1. The molecule has 0 aromatic carbocycles. The monoisotopic (exact) mass is 249 g/mol. The Balaban J connectivity index is 0.00000112. The third-order valence-corrected chi connectivity index (χ3v) is 2.36. The third-order valence-electron chi connectivity index (χ3n) is 2.07. The van der Waals surface area contributed by atoms with Gasteiger partial charge in [-0.05, 0) is 12.5 Å². The van der Waals surface area contributed by atoms with E-state index in [0.29, 0.717) is 17.3 Å². The second-order valence-electron chi connectivity index (χ2n) is 2.95. The molecule has 0 bridgehead atoms. The van der Waals surface area contributed by atoms with Crippen molar-refractivity contribution in [3.05, 3.63) is 23.0 Å². The first kappa shape index (κ1) is 12.1. The molecule has 0 N–H and O–H groups in total. The highest BCUT2D eigenvalue weighted by Crippen LogP contribution is 2.30. The highest BCUT2D eigenvalue weighted by atomic mass is 35.5. The highest BCUT2D eigenvalue weighted by Gasteiger charge is 2.23. The largest absolute Gasteiger partial charge is 0.514 e. The number of aryl methyl sites for hydroxylation is 1. The number of hydrogen-bond donors (Lipinski definition) is 0. The van der Waals surface area contributed by atoms with E-state index in [4.69, 9.17) is 21.1 Å². The van der Waals surface area contributed by atoms with E-state index >= 15 is 0 Å². The fourth-order valence-corrected chi connectivity index (χ4v) is 1.56. The second kappa shape index (κ2) is 4.68. The average Bonchev–Trinajstić information content (AvgIpc) is 2.19. The molecule has 4 nitrogen and oxygen atoms in total. The minimum Gasteiger partial charge on any atom is -0.429 e. The summed E-state index contributed by atoms with van der Waals surface area (Å²) in [4.78, 5) is 15.0. The minimum atomic E-state index is -0.686. The Kier molecular flexibility index (Phi) is 3.77. The standard InChI is InChI=1S/C9H8ClNO3.ClH/c1-5-8-7(4-13-9(12)14-8)6(2-10)3-11-5;/h3H,2,4H2,1H3;1H. The second-order valence-corrected chi connectivity index (χ2v) is 3.22. The number of halogens is 2. The molecule has 0 saturated heterocycles. The molecule has 0 fully saturated rings. The van der Waals surface area contributed by atoms with Gasteiger partial charge < -0.3 is 9.47 Å². The number of rotatable bonds is 1. The molecule has 1 aromatic heterocycles. The van der Waals surface area contributed by atoms with Gasteiger partial charge in [-0.25, -0.2) is 4.79 Å². The van der Waals surface area contributed by atoms with Crippen LogP contribution >= 0.6 is 24.0 Å². The molecule has 1 aliphatic rings. The summed E-state index contributed by atoms with van der Waals surface area (Å²) >= 11 is 5.72. The molecule has 82 valence electrons. The van der Waals surface area contributed by atoms with Crippen molar-refractivity contribution in [1.82, 2.24) is 4.98 Å². The van der Waals surface area contributed by atoms with Crippen LogP contribution in [0.2, 0.25) is 0 Å². The Morgan fingerprint density at radius 2 is 2.33 bits per heavy atom. The van der Waals surface area contributed by atoms with Crippen LogP contribution in [0.3, 0.4) is 0 Å². The van der Waals surface area contributed by atoms with Gasteiger partial charge in [0.2, 0.25) is 0 Å². The highest BCUT2D eigenvalue weighted by molar-refractivity contribution is 6.17. The number of carbonyl (C=O) groups is 1. The Bertz CT molecular complexity index is 395. The van der Waals surface area contributed by atoms with Gasteiger partial charge in [-0.2, -0.15) is 0 Å². The minimum absolute atomic E-state index is 0. The fraction of sp³-hybridized carbons (Fsp3) is 0.333. The lowest BCUT2D eigenvalue weighted by atomic mass is 10.1. The van der Waals surface area contributed by atoms with Gasteiger partial charge >= 0.3 is 6.16 Å². The van der Waals surface area contributed by atoms with Crippen LogP contribution in [0.1, 0.15) is 16.8 Å². The van der Waals surface area contributed by atoms with Crippen LogP contribution in [0, 0.1) is 6.92 Å². The Labute approximate surface area is 97.9 Å². The van der Waals surface area contributed by atoms with Gasteiger partial charge in [0.05, 0.1) is 5.69 Å². The van der Waals surface area contributed by atoms with E-state index in [0.717, 1.165) is 11.1 Å². The normalized spacial score (nSPS) is 13.3. The molecule has 0 saturated carbocycles. The van der Waals surface area contributed by atoms with Crippen LogP contribution in [0.25, 0.3) is 0 Å². The van der Waals surface area contributed by atoms with Gasteiger partial charge in [-0.1, -0.05) is 0 Å². The van der Waals surface area contributed by atoms with E-state index in [9.17, 15) is 4.79 Å². The molecule has 15 heavy (non-hydrogen) atoms. The van der Waals surface area contributed by atoms with E-state index in [1.54, 1.807) is 13.1 Å². The fourth-order valence-electron chi connectivity index (χ4n) is 1.33. The number of pyridine rings is 1. The topological polar surface area (TPSA) is 48.4 Å². The lowest BCUT2D eigenvalue weighted by Gasteiger charge is -2.19. The van der Waals surface area contributed by atoms with Gasteiger partial charge in [0.15, 0.2) is 5.75 Å². The van der Waals surface area contributed by atoms with Crippen LogP contribution in [-0.2, 0) is 17.2 Å². The van der Waals surface area contributed by atoms with E-state index < -0.39 is 6.16 Å². The number of ether oxygens (including phenoxy) is 2. The number of alkyl halides is 1. The summed E-state index contributed by atoms with van der Waals surface area (Å²) in [6.45, 7) is 1.98. The summed E-state index contributed by atoms with van der Waals surface area (Å²) in [5.74, 6) is 0.815. The first-order valence-corrected chi connectivity index (χ1v) is 4.63. The number of hydrogen-bond acceptors (Lipinski definition) is 4. The molecular weight excluding hydrogens is 241 g/mol. The van der Waals surface area contributed by atoms with Gasteiger partial charge in [0.25, 0.3) is 0 Å². The third kappa shape index (κ3) is 2.16. The lowest BCUT2D eigenvalue weighted by molar-refractivity contribution is 0.0775. The molecule has 0 spiro atoms. The molecule has 0 radical (unpaired) electrons. The SMILES string of the molecule is Cc1ncc(CCl)c2c1OC(=O)OC2.Cl. The van der Waals surface area contributed by atoms with Crippen LogP contribution in [0.5, 0.6) is 5.75 Å². The van der Waals surface area contributed by atoms with Crippen LogP contribution in [0.15, 0.2) is 6.20 Å². The molecule has 1 aliphatic heterocycles. The van der Waals surface area contributed by atoms with E-state index in [-0.39, 0.29) is 19.0 Å². The van der Waals surface area contributed by atoms with Crippen molar-refractivity contribution in [1.29, 1.82) is 0 Å². The van der Waals surface area contributed by atoms with E-state index in [1.807, 2.05) is 0 Å². The molecule has 0 atom stereocenters. The molecule has 0 aliphatic carbocycles. The molecule has 2 heterocycles. The van der Waals surface area contributed by atoms with Crippen molar-refractivity contribution < 1.29 is 14.3 Å². The summed E-state index contributed by atoms with van der Waals surface area (Å²) < 4.78 is 9.68. The lowest BCUT2D eigenvalue weighted by Crippen LogP contribution is -2.19. The summed E-state index contributed by atoms with van der Waals surface area (Å²) in [6.07, 6.45) is 0.984. The summed E-state index contributed by atoms with van der Waals surface area (Å²) in [6, 6.07) is 0. The van der Waals surface area contributed by atoms with Crippen LogP contribution in [0.4, 0.5) is 4.79 Å². The zero-order chi connectivity index (χ0) is 10.1. The van der Waals surface area contributed by atoms with E-state index in [2.05, 4.69) is 4.98 Å². The van der Waals surface area contributed by atoms with Gasteiger partial charge in [0.1, 0.15) is 6.61 Å². The van der Waals surface area contributed by atoms with Gasteiger partial charge in [-0.15, -0.1) is 24.0 Å². The molecular formula is C9H9Cl2NO3. The quantitative estimate of drug-likeness (QED) is 0.567. The van der Waals surface area contributed by atoms with Crippen molar-refractivity contribution >= 4 is 30.2 Å². The summed E-state index contributed by atoms with van der Waals surface area (Å²) in [5, 5.41) is 0. The zero-order valence-electron chi connectivity index (χ0n) is 7.95. The summed E-state index contributed by atoms with van der Waals surface area (Å²) in [5.41, 5.74) is 2.32. The maximum Gasteiger partial charge on any atom is 0.514 e. The van der Waals surface area contributed by atoms with Gasteiger partial charge in [-0.3, -0.25) is 4.98 Å². The zero-order valence-corrected chi connectivity index (χ0v) is 9.52.